The van der Waals surface area contributed by atoms with Crippen molar-refractivity contribution < 1.29 is 28.5 Å². The van der Waals surface area contributed by atoms with Gasteiger partial charge in [0.15, 0.2) is 12.6 Å². The molecule has 33 heavy (non-hydrogen) atoms. The molecule has 0 spiro atoms. The quantitative estimate of drug-likeness (QED) is 0.450. The first-order valence-electron chi connectivity index (χ1n) is 10.4. The van der Waals surface area contributed by atoms with Crippen molar-refractivity contribution in [3.8, 4) is 23.0 Å². The molecule has 2 aliphatic rings. The second-order valence-corrected chi connectivity index (χ2v) is 8.22. The number of carbonyl (C=O) groups is 1. The Balaban J connectivity index is 1.39. The SMILES string of the molecule is COc1ccc(COc2cc(C)c3c(c2)O/C(=C\c2cc(Cl)cc4c2OCOC4)C3=O)cc1. The van der Waals surface area contributed by atoms with Gasteiger partial charge < -0.3 is 23.7 Å². The summed E-state index contributed by atoms with van der Waals surface area (Å²) >= 11 is 6.25. The van der Waals surface area contributed by atoms with E-state index >= 15 is 0 Å². The predicted molar refractivity (Wildman–Crippen MR) is 123 cm³/mol. The van der Waals surface area contributed by atoms with Gasteiger partial charge in [0.05, 0.1) is 19.3 Å². The van der Waals surface area contributed by atoms with Gasteiger partial charge in [-0.1, -0.05) is 23.7 Å². The van der Waals surface area contributed by atoms with E-state index in [4.69, 9.17) is 35.3 Å². The van der Waals surface area contributed by atoms with E-state index < -0.39 is 0 Å². The molecule has 2 heterocycles. The summed E-state index contributed by atoms with van der Waals surface area (Å²) in [5.74, 6) is 2.54. The number of benzene rings is 3. The van der Waals surface area contributed by atoms with Gasteiger partial charge in [-0.25, -0.2) is 0 Å². The number of aryl methyl sites for hydroxylation is 1. The summed E-state index contributed by atoms with van der Waals surface area (Å²) in [4.78, 5) is 13.1. The fourth-order valence-electron chi connectivity index (χ4n) is 3.91. The summed E-state index contributed by atoms with van der Waals surface area (Å²) in [7, 11) is 1.63. The number of allylic oxidation sites excluding steroid dienone is 1. The zero-order chi connectivity index (χ0) is 22.9. The number of hydrogen-bond donors (Lipinski definition) is 0. The molecule has 0 amide bonds. The third-order valence-electron chi connectivity index (χ3n) is 5.50. The van der Waals surface area contributed by atoms with E-state index in [1.807, 2.05) is 37.3 Å². The van der Waals surface area contributed by atoms with E-state index in [9.17, 15) is 4.79 Å². The third-order valence-corrected chi connectivity index (χ3v) is 5.72. The molecule has 3 aromatic rings. The number of methoxy groups -OCH3 is 1. The molecule has 5 rings (SSSR count). The summed E-state index contributed by atoms with van der Waals surface area (Å²) in [5.41, 5.74) is 3.81. The van der Waals surface area contributed by atoms with E-state index in [0.29, 0.717) is 46.6 Å². The average molecular weight is 465 g/mol. The highest BCUT2D eigenvalue weighted by Crippen LogP contribution is 2.39. The van der Waals surface area contributed by atoms with Crippen LogP contribution >= 0.6 is 11.6 Å². The van der Waals surface area contributed by atoms with Crippen molar-refractivity contribution in [2.45, 2.75) is 20.1 Å². The van der Waals surface area contributed by atoms with Crippen LogP contribution in [0.15, 0.2) is 54.3 Å². The van der Waals surface area contributed by atoms with Gasteiger partial charge in [0.25, 0.3) is 0 Å². The van der Waals surface area contributed by atoms with Gasteiger partial charge in [0, 0.05) is 22.2 Å². The summed E-state index contributed by atoms with van der Waals surface area (Å²) in [6.07, 6.45) is 1.66. The number of halogens is 1. The second kappa shape index (κ2) is 8.81. The van der Waals surface area contributed by atoms with Crippen LogP contribution < -0.4 is 18.9 Å². The summed E-state index contributed by atoms with van der Waals surface area (Å²) < 4.78 is 28.0. The van der Waals surface area contributed by atoms with Crippen molar-refractivity contribution in [2.75, 3.05) is 13.9 Å². The lowest BCUT2D eigenvalue weighted by molar-refractivity contribution is -0.0165. The molecule has 7 heteroatoms. The fourth-order valence-corrected chi connectivity index (χ4v) is 4.16. The van der Waals surface area contributed by atoms with Gasteiger partial charge in [-0.15, -0.1) is 0 Å². The zero-order valence-corrected chi connectivity index (χ0v) is 18.9. The lowest BCUT2D eigenvalue weighted by atomic mass is 10.0. The van der Waals surface area contributed by atoms with Crippen molar-refractivity contribution in [2.24, 2.45) is 0 Å². The van der Waals surface area contributed by atoms with Gasteiger partial charge in [-0.05, 0) is 54.5 Å². The molecule has 0 saturated heterocycles. The highest BCUT2D eigenvalue weighted by Gasteiger charge is 2.30. The summed E-state index contributed by atoms with van der Waals surface area (Å²) in [6.45, 7) is 2.79. The lowest BCUT2D eigenvalue weighted by Crippen LogP contribution is -2.12. The van der Waals surface area contributed by atoms with Crippen LogP contribution in [0.25, 0.3) is 6.08 Å². The lowest BCUT2D eigenvalue weighted by Gasteiger charge is -2.20. The standard InChI is InChI=1S/C26H21ClO6/c1-15-7-21(31-12-16-3-5-20(29-2)6-4-16)11-22-24(15)25(28)23(33-22)10-17-8-19(27)9-18-13-30-14-32-26(17)18/h3-11H,12-14H2,1-2H3/b23-10-. The molecule has 2 aliphatic heterocycles. The van der Waals surface area contributed by atoms with Crippen molar-refractivity contribution in [1.29, 1.82) is 0 Å². The van der Waals surface area contributed by atoms with Crippen LogP contribution in [-0.2, 0) is 18.0 Å². The van der Waals surface area contributed by atoms with Gasteiger partial charge in [0.1, 0.15) is 29.6 Å². The van der Waals surface area contributed by atoms with Crippen LogP contribution in [-0.4, -0.2) is 19.7 Å². The molecule has 0 bridgehead atoms. The molecule has 0 atom stereocenters. The average Bonchev–Trinajstić information content (AvgIpc) is 3.13. The van der Waals surface area contributed by atoms with Crippen LogP contribution in [0.3, 0.4) is 0 Å². The van der Waals surface area contributed by atoms with Gasteiger partial charge in [-0.3, -0.25) is 4.79 Å². The number of carbonyl (C=O) groups excluding carboxylic acids is 1. The third kappa shape index (κ3) is 4.27. The summed E-state index contributed by atoms with van der Waals surface area (Å²) in [6, 6.07) is 14.8. The normalized spacial score (nSPS) is 15.5. The molecule has 0 unspecified atom stereocenters. The Morgan fingerprint density at radius 2 is 1.91 bits per heavy atom. The number of hydrogen-bond acceptors (Lipinski definition) is 6. The van der Waals surface area contributed by atoms with E-state index in [1.165, 1.54) is 0 Å². The minimum atomic E-state index is -0.190. The molecular weight excluding hydrogens is 444 g/mol. The molecule has 0 radical (unpaired) electrons. The number of Topliss-reactive ketones (excluding diaryl/α,β-unsaturated/α-hetero) is 1. The maximum atomic E-state index is 13.1. The maximum absolute atomic E-state index is 13.1. The Morgan fingerprint density at radius 1 is 1.09 bits per heavy atom. The summed E-state index contributed by atoms with van der Waals surface area (Å²) in [5, 5.41) is 0.531. The topological polar surface area (TPSA) is 63.2 Å². The highest BCUT2D eigenvalue weighted by molar-refractivity contribution is 6.31. The maximum Gasteiger partial charge on any atom is 0.232 e. The predicted octanol–water partition coefficient (Wildman–Crippen LogP) is 5.72. The number of fused-ring (bicyclic) bond motifs is 2. The molecule has 0 aliphatic carbocycles. The molecule has 0 saturated carbocycles. The zero-order valence-electron chi connectivity index (χ0n) is 18.1. The van der Waals surface area contributed by atoms with Crippen LogP contribution in [0, 0.1) is 6.92 Å². The Kier molecular flexibility index (Phi) is 5.70. The molecule has 0 aromatic heterocycles. The molecule has 0 fully saturated rings. The van der Waals surface area contributed by atoms with Crippen LogP contribution in [0.4, 0.5) is 0 Å². The number of ether oxygens (including phenoxy) is 5. The van der Waals surface area contributed by atoms with E-state index in [1.54, 1.807) is 31.4 Å². The Morgan fingerprint density at radius 3 is 2.70 bits per heavy atom. The second-order valence-electron chi connectivity index (χ2n) is 7.78. The molecular formula is C26H21ClO6. The number of ketones is 1. The Bertz CT molecular complexity index is 1260. The van der Waals surface area contributed by atoms with E-state index in [2.05, 4.69) is 0 Å². The van der Waals surface area contributed by atoms with Crippen LogP contribution in [0.2, 0.25) is 5.02 Å². The van der Waals surface area contributed by atoms with Gasteiger partial charge in [-0.2, -0.15) is 0 Å². The molecule has 168 valence electrons. The van der Waals surface area contributed by atoms with Crippen LogP contribution in [0.1, 0.15) is 32.6 Å². The van der Waals surface area contributed by atoms with Gasteiger partial charge >= 0.3 is 0 Å². The van der Waals surface area contributed by atoms with Gasteiger partial charge in [0.2, 0.25) is 5.78 Å². The number of rotatable bonds is 5. The van der Waals surface area contributed by atoms with Crippen molar-refractivity contribution in [3.05, 3.63) is 87.1 Å². The van der Waals surface area contributed by atoms with E-state index in [0.717, 1.165) is 22.4 Å². The van der Waals surface area contributed by atoms with Crippen molar-refractivity contribution in [3.63, 3.8) is 0 Å². The smallest absolute Gasteiger partial charge is 0.232 e. The minimum absolute atomic E-state index is 0.147. The Labute approximate surface area is 196 Å². The molecule has 6 nitrogen and oxygen atoms in total. The largest absolute Gasteiger partial charge is 0.497 e. The first-order chi connectivity index (χ1) is 16.0. The molecule has 3 aromatic carbocycles. The van der Waals surface area contributed by atoms with E-state index in [-0.39, 0.29) is 18.3 Å². The first kappa shape index (κ1) is 21.4. The Hall–Kier alpha value is -3.48. The monoisotopic (exact) mass is 464 g/mol. The minimum Gasteiger partial charge on any atom is -0.497 e. The van der Waals surface area contributed by atoms with Crippen LogP contribution in [0.5, 0.6) is 23.0 Å². The first-order valence-corrected chi connectivity index (χ1v) is 10.8. The fraction of sp³-hybridized carbons (Fsp3) is 0.192. The molecule has 0 N–H and O–H groups in total. The van der Waals surface area contributed by atoms with Crippen molar-refractivity contribution >= 4 is 23.5 Å². The van der Waals surface area contributed by atoms with Crippen molar-refractivity contribution in [1.82, 2.24) is 0 Å². The highest BCUT2D eigenvalue weighted by atomic mass is 35.5.